The Kier molecular flexibility index (Phi) is 3.68. The molecule has 1 fully saturated rings. The third-order valence-electron chi connectivity index (χ3n) is 3.06. The molecule has 16 heavy (non-hydrogen) atoms. The predicted octanol–water partition coefficient (Wildman–Crippen LogP) is 3.64. The van der Waals surface area contributed by atoms with E-state index in [2.05, 4.69) is 45.4 Å². The zero-order valence-electron chi connectivity index (χ0n) is 9.37. The minimum absolute atomic E-state index is 0.317. The van der Waals surface area contributed by atoms with E-state index in [9.17, 15) is 0 Å². The first-order valence-electron chi connectivity index (χ1n) is 5.42. The molecule has 0 aromatic carbocycles. The van der Waals surface area contributed by atoms with E-state index in [1.807, 2.05) is 0 Å². The van der Waals surface area contributed by atoms with E-state index in [1.54, 1.807) is 11.3 Å². The average Bonchev–Trinajstić information content (AvgIpc) is 2.82. The highest BCUT2D eigenvalue weighted by molar-refractivity contribution is 9.10. The van der Waals surface area contributed by atoms with Gasteiger partial charge in [-0.3, -0.25) is 0 Å². The second-order valence-electron chi connectivity index (χ2n) is 4.74. The van der Waals surface area contributed by atoms with Gasteiger partial charge in [-0.15, -0.1) is 11.3 Å². The van der Waals surface area contributed by atoms with Crippen LogP contribution in [0.4, 0.5) is 0 Å². The topological polar surface area (TPSA) is 27.0 Å². The standard InChI is InChI=1S/C12H15BrN2S/c1-15(7-11-6-10(13)8-16-11)9-12(2-3-12)4-5-14/h6,8H,2-4,7,9H2,1H3. The summed E-state index contributed by atoms with van der Waals surface area (Å²) < 4.78 is 1.17. The van der Waals surface area contributed by atoms with Crippen molar-refractivity contribution in [2.45, 2.75) is 25.8 Å². The fraction of sp³-hybridized carbons (Fsp3) is 0.583. The second-order valence-corrected chi connectivity index (χ2v) is 6.65. The summed E-state index contributed by atoms with van der Waals surface area (Å²) in [5.41, 5.74) is 0.317. The fourth-order valence-corrected chi connectivity index (χ4v) is 3.60. The smallest absolute Gasteiger partial charge is 0.0628 e. The Morgan fingerprint density at radius 2 is 2.38 bits per heavy atom. The first-order valence-corrected chi connectivity index (χ1v) is 7.09. The lowest BCUT2D eigenvalue weighted by atomic mass is 10.0. The zero-order chi connectivity index (χ0) is 11.6. The molecule has 2 rings (SSSR count). The molecule has 0 spiro atoms. The van der Waals surface area contributed by atoms with Crippen molar-refractivity contribution in [1.82, 2.24) is 4.90 Å². The Hall–Kier alpha value is -0.370. The van der Waals surface area contributed by atoms with Crippen LogP contribution in [0.2, 0.25) is 0 Å². The molecular formula is C12H15BrN2S. The minimum Gasteiger partial charge on any atom is -0.301 e. The Bertz CT molecular complexity index is 403. The summed E-state index contributed by atoms with van der Waals surface area (Å²) in [6.07, 6.45) is 3.16. The largest absolute Gasteiger partial charge is 0.301 e. The molecule has 0 atom stereocenters. The van der Waals surface area contributed by atoms with Gasteiger partial charge >= 0.3 is 0 Å². The third-order valence-corrected chi connectivity index (χ3v) is 4.75. The van der Waals surface area contributed by atoms with E-state index in [4.69, 9.17) is 5.26 Å². The molecule has 1 saturated carbocycles. The zero-order valence-corrected chi connectivity index (χ0v) is 11.8. The van der Waals surface area contributed by atoms with Crippen LogP contribution < -0.4 is 0 Å². The van der Waals surface area contributed by atoms with E-state index in [0.29, 0.717) is 11.8 Å². The van der Waals surface area contributed by atoms with Crippen molar-refractivity contribution in [3.8, 4) is 6.07 Å². The second kappa shape index (κ2) is 4.87. The van der Waals surface area contributed by atoms with Gasteiger partial charge in [0, 0.05) is 34.2 Å². The Morgan fingerprint density at radius 3 is 2.88 bits per heavy atom. The van der Waals surface area contributed by atoms with Crippen molar-refractivity contribution >= 4 is 27.3 Å². The Labute approximate surface area is 109 Å². The molecule has 1 aromatic heterocycles. The maximum Gasteiger partial charge on any atom is 0.0628 e. The number of nitriles is 1. The molecule has 0 unspecified atom stereocenters. The van der Waals surface area contributed by atoms with Crippen LogP contribution in [0.5, 0.6) is 0 Å². The van der Waals surface area contributed by atoms with Crippen LogP contribution >= 0.6 is 27.3 Å². The van der Waals surface area contributed by atoms with Gasteiger partial charge in [0.2, 0.25) is 0 Å². The summed E-state index contributed by atoms with van der Waals surface area (Å²) in [7, 11) is 2.14. The molecule has 0 radical (unpaired) electrons. The van der Waals surface area contributed by atoms with E-state index in [-0.39, 0.29) is 0 Å². The van der Waals surface area contributed by atoms with Crippen molar-refractivity contribution < 1.29 is 0 Å². The predicted molar refractivity (Wildman–Crippen MR) is 70.3 cm³/mol. The fourth-order valence-electron chi connectivity index (χ4n) is 2.07. The monoisotopic (exact) mass is 298 g/mol. The van der Waals surface area contributed by atoms with Gasteiger partial charge in [-0.1, -0.05) is 0 Å². The highest BCUT2D eigenvalue weighted by Crippen LogP contribution is 2.49. The van der Waals surface area contributed by atoms with E-state index in [1.165, 1.54) is 22.2 Å². The van der Waals surface area contributed by atoms with Gasteiger partial charge in [0.05, 0.1) is 6.07 Å². The lowest BCUT2D eigenvalue weighted by Crippen LogP contribution is -2.25. The number of nitrogens with zero attached hydrogens (tertiary/aromatic N) is 2. The summed E-state index contributed by atoms with van der Waals surface area (Å²) >= 11 is 5.25. The Balaban J connectivity index is 1.85. The highest BCUT2D eigenvalue weighted by atomic mass is 79.9. The van der Waals surface area contributed by atoms with Gasteiger partial charge in [0.15, 0.2) is 0 Å². The number of hydrogen-bond acceptors (Lipinski definition) is 3. The van der Waals surface area contributed by atoms with Crippen molar-refractivity contribution in [3.05, 3.63) is 20.8 Å². The van der Waals surface area contributed by atoms with Crippen molar-refractivity contribution in [3.63, 3.8) is 0 Å². The third kappa shape index (κ3) is 3.07. The van der Waals surface area contributed by atoms with Crippen LogP contribution in [0, 0.1) is 16.7 Å². The summed E-state index contributed by atoms with van der Waals surface area (Å²) in [5.74, 6) is 0. The Morgan fingerprint density at radius 1 is 1.62 bits per heavy atom. The van der Waals surface area contributed by atoms with Crippen molar-refractivity contribution in [1.29, 1.82) is 5.26 Å². The number of halogens is 1. The summed E-state index contributed by atoms with van der Waals surface area (Å²) in [5, 5.41) is 10.9. The van der Waals surface area contributed by atoms with Crippen LogP contribution in [0.3, 0.4) is 0 Å². The normalized spacial score (nSPS) is 17.4. The molecule has 0 N–H and O–H groups in total. The van der Waals surface area contributed by atoms with E-state index >= 15 is 0 Å². The number of thiophene rings is 1. The van der Waals surface area contributed by atoms with Gasteiger partial charge < -0.3 is 4.90 Å². The SMILES string of the molecule is CN(Cc1cc(Br)cs1)CC1(CC#N)CC1. The quantitative estimate of drug-likeness (QED) is 0.830. The van der Waals surface area contributed by atoms with Crippen LogP contribution in [0.1, 0.15) is 24.1 Å². The van der Waals surface area contributed by atoms with Gasteiger partial charge in [-0.05, 0) is 47.3 Å². The molecule has 0 amide bonds. The van der Waals surface area contributed by atoms with Crippen LogP contribution in [0.25, 0.3) is 0 Å². The van der Waals surface area contributed by atoms with Gasteiger partial charge in [0.25, 0.3) is 0 Å². The highest BCUT2D eigenvalue weighted by Gasteiger charge is 2.42. The molecular weight excluding hydrogens is 284 g/mol. The molecule has 1 aromatic rings. The van der Waals surface area contributed by atoms with Crippen LogP contribution in [-0.4, -0.2) is 18.5 Å². The molecule has 0 bridgehead atoms. The minimum atomic E-state index is 0.317. The maximum atomic E-state index is 8.78. The molecule has 0 aliphatic heterocycles. The molecule has 1 aliphatic rings. The molecule has 86 valence electrons. The van der Waals surface area contributed by atoms with Crippen molar-refractivity contribution in [2.75, 3.05) is 13.6 Å². The maximum absolute atomic E-state index is 8.78. The molecule has 1 aliphatic carbocycles. The molecule has 1 heterocycles. The summed E-state index contributed by atoms with van der Waals surface area (Å²) in [6, 6.07) is 4.48. The van der Waals surface area contributed by atoms with Crippen LogP contribution in [0.15, 0.2) is 15.9 Å². The van der Waals surface area contributed by atoms with Gasteiger partial charge in [-0.25, -0.2) is 0 Å². The molecule has 0 saturated heterocycles. The van der Waals surface area contributed by atoms with E-state index in [0.717, 1.165) is 13.1 Å². The first kappa shape index (κ1) is 12.1. The number of rotatable bonds is 5. The average molecular weight is 299 g/mol. The lowest BCUT2D eigenvalue weighted by Gasteiger charge is -2.21. The van der Waals surface area contributed by atoms with Gasteiger partial charge in [-0.2, -0.15) is 5.26 Å². The summed E-state index contributed by atoms with van der Waals surface area (Å²) in [6.45, 7) is 2.04. The summed E-state index contributed by atoms with van der Waals surface area (Å²) in [4.78, 5) is 3.71. The van der Waals surface area contributed by atoms with Gasteiger partial charge in [0.1, 0.15) is 0 Å². The van der Waals surface area contributed by atoms with Crippen LogP contribution in [-0.2, 0) is 6.54 Å². The van der Waals surface area contributed by atoms with Crippen molar-refractivity contribution in [2.24, 2.45) is 5.41 Å². The molecule has 4 heteroatoms. The first-order chi connectivity index (χ1) is 7.63. The lowest BCUT2D eigenvalue weighted by molar-refractivity contribution is 0.259. The molecule has 2 nitrogen and oxygen atoms in total. The van der Waals surface area contributed by atoms with E-state index < -0.39 is 0 Å². The number of hydrogen-bond donors (Lipinski definition) is 0.